The fourth-order valence-electron chi connectivity index (χ4n) is 9.42. The lowest BCUT2D eigenvalue weighted by Crippen LogP contribution is -2.00. The molecule has 0 aliphatic carbocycles. The number of allylic oxidation sites excluding steroid dienone is 2. The van der Waals surface area contributed by atoms with Gasteiger partial charge in [0.25, 0.3) is 0 Å². The minimum absolute atomic E-state index is 0.513. The third kappa shape index (κ3) is 5.97. The van der Waals surface area contributed by atoms with E-state index in [1.807, 2.05) is 78.1 Å². The largest absolute Gasteiger partial charge is 0.456 e. The molecule has 6 nitrogen and oxygen atoms in total. The quantitative estimate of drug-likeness (QED) is 0.149. The highest BCUT2D eigenvalue weighted by Crippen LogP contribution is 2.44. The molecule has 5 heterocycles. The van der Waals surface area contributed by atoms with Crippen LogP contribution < -0.4 is 0 Å². The highest BCUT2D eigenvalue weighted by molar-refractivity contribution is 7.25. The van der Waals surface area contributed by atoms with Gasteiger partial charge in [-0.25, -0.2) is 15.0 Å². The van der Waals surface area contributed by atoms with Crippen molar-refractivity contribution in [2.45, 2.75) is 6.92 Å². The Balaban J connectivity index is 0.976. The van der Waals surface area contributed by atoms with E-state index >= 15 is 0 Å². The number of benzene rings is 8. The van der Waals surface area contributed by atoms with E-state index in [1.54, 1.807) is 6.08 Å². The van der Waals surface area contributed by atoms with Crippen molar-refractivity contribution in [1.82, 2.24) is 15.0 Å². The molecule has 0 unspecified atom stereocenters. The zero-order chi connectivity index (χ0) is 43.2. The molecular formula is C58H35N3O3S. The first kappa shape index (κ1) is 37.2. The van der Waals surface area contributed by atoms with Crippen molar-refractivity contribution in [3.63, 3.8) is 0 Å². The monoisotopic (exact) mass is 853 g/mol. The minimum atomic E-state index is 0.513. The van der Waals surface area contributed by atoms with Crippen molar-refractivity contribution in [3.05, 3.63) is 194 Å². The molecule has 306 valence electrons. The second kappa shape index (κ2) is 14.6. The summed E-state index contributed by atoms with van der Waals surface area (Å²) in [5.74, 6) is 2.37. The molecular weight excluding hydrogens is 819 g/mol. The third-order valence-electron chi connectivity index (χ3n) is 12.5. The first-order valence-electron chi connectivity index (χ1n) is 21.5. The van der Waals surface area contributed by atoms with Crippen molar-refractivity contribution in [2.24, 2.45) is 0 Å². The first-order chi connectivity index (χ1) is 32.1. The van der Waals surface area contributed by atoms with E-state index in [0.717, 1.165) is 94.0 Å². The minimum Gasteiger partial charge on any atom is -0.456 e. The van der Waals surface area contributed by atoms with Crippen molar-refractivity contribution < 1.29 is 13.3 Å². The number of thiophene rings is 1. The molecule has 5 aromatic heterocycles. The van der Waals surface area contributed by atoms with Crippen LogP contribution in [-0.2, 0) is 0 Å². The molecule has 0 amide bonds. The lowest BCUT2D eigenvalue weighted by atomic mass is 9.95. The SMILES string of the molecule is C=C/C=C\c1oc2c(-c3nc(-c4ccccc4)nc(-c4cccc5oc6ccc(-c7cccc8oc9ccc(-c%10ccc%11c(c%10)sc%10ccccc%10%11)cc9c78)cc6c45)n3)cccc2c1C. The highest BCUT2D eigenvalue weighted by Gasteiger charge is 2.22. The second-order valence-electron chi connectivity index (χ2n) is 16.3. The summed E-state index contributed by atoms with van der Waals surface area (Å²) in [6, 6.07) is 56.9. The number of rotatable bonds is 7. The Labute approximate surface area is 376 Å². The van der Waals surface area contributed by atoms with Crippen LogP contribution in [0.25, 0.3) is 138 Å². The van der Waals surface area contributed by atoms with Gasteiger partial charge in [0.2, 0.25) is 0 Å². The molecule has 13 rings (SSSR count). The summed E-state index contributed by atoms with van der Waals surface area (Å²) < 4.78 is 22.2. The number of hydrogen-bond acceptors (Lipinski definition) is 7. The highest BCUT2D eigenvalue weighted by atomic mass is 32.1. The molecule has 0 radical (unpaired) electrons. The normalized spacial score (nSPS) is 12.1. The number of hydrogen-bond donors (Lipinski definition) is 0. The van der Waals surface area contributed by atoms with Gasteiger partial charge in [0.05, 0.1) is 5.56 Å². The zero-order valence-corrected chi connectivity index (χ0v) is 35.8. The maximum atomic E-state index is 6.58. The van der Waals surface area contributed by atoms with E-state index in [1.165, 1.54) is 25.7 Å². The van der Waals surface area contributed by atoms with Crippen molar-refractivity contribution in [1.29, 1.82) is 0 Å². The van der Waals surface area contributed by atoms with Gasteiger partial charge in [0, 0.05) is 63.8 Å². The lowest BCUT2D eigenvalue weighted by Gasteiger charge is -2.10. The molecule has 0 bridgehead atoms. The molecule has 0 spiro atoms. The van der Waals surface area contributed by atoms with E-state index in [4.69, 9.17) is 28.2 Å². The summed E-state index contributed by atoms with van der Waals surface area (Å²) in [6.07, 6.45) is 5.55. The van der Waals surface area contributed by atoms with E-state index in [9.17, 15) is 0 Å². The molecule has 0 aliphatic rings. The average molecular weight is 854 g/mol. The lowest BCUT2D eigenvalue weighted by molar-refractivity contribution is 0.602. The molecule has 65 heavy (non-hydrogen) atoms. The van der Waals surface area contributed by atoms with Crippen LogP contribution in [0.1, 0.15) is 11.3 Å². The predicted molar refractivity (Wildman–Crippen MR) is 268 cm³/mol. The molecule has 13 aromatic rings. The van der Waals surface area contributed by atoms with Gasteiger partial charge in [-0.05, 0) is 89.9 Å². The molecule has 0 aliphatic heterocycles. The summed E-state index contributed by atoms with van der Waals surface area (Å²) in [6.45, 7) is 5.90. The van der Waals surface area contributed by atoms with Gasteiger partial charge in [0.1, 0.15) is 33.7 Å². The van der Waals surface area contributed by atoms with Crippen LogP contribution in [0.5, 0.6) is 0 Å². The van der Waals surface area contributed by atoms with Crippen LogP contribution in [0.3, 0.4) is 0 Å². The van der Waals surface area contributed by atoms with Crippen LogP contribution >= 0.6 is 11.3 Å². The first-order valence-corrected chi connectivity index (χ1v) is 22.3. The fraction of sp³-hybridized carbons (Fsp3) is 0.0172. The van der Waals surface area contributed by atoms with Crippen LogP contribution in [0, 0.1) is 6.92 Å². The Morgan fingerprint density at radius 3 is 1.85 bits per heavy atom. The molecule has 0 atom stereocenters. The van der Waals surface area contributed by atoms with E-state index < -0.39 is 0 Å². The molecule has 7 heteroatoms. The second-order valence-corrected chi connectivity index (χ2v) is 17.4. The van der Waals surface area contributed by atoms with Crippen molar-refractivity contribution in [2.75, 3.05) is 0 Å². The van der Waals surface area contributed by atoms with Gasteiger partial charge in [0.15, 0.2) is 17.5 Å². The molecule has 0 fully saturated rings. The van der Waals surface area contributed by atoms with Crippen LogP contribution in [0.2, 0.25) is 0 Å². The maximum Gasteiger partial charge on any atom is 0.167 e. The van der Waals surface area contributed by atoms with Gasteiger partial charge in [-0.15, -0.1) is 11.3 Å². The number of para-hydroxylation sites is 1. The Bertz CT molecular complexity index is 4110. The topological polar surface area (TPSA) is 78.1 Å². The smallest absolute Gasteiger partial charge is 0.167 e. The van der Waals surface area contributed by atoms with Crippen LogP contribution in [0.4, 0.5) is 0 Å². The third-order valence-corrected chi connectivity index (χ3v) is 13.7. The van der Waals surface area contributed by atoms with E-state index in [-0.39, 0.29) is 0 Å². The van der Waals surface area contributed by atoms with Crippen LogP contribution in [0.15, 0.2) is 196 Å². The van der Waals surface area contributed by atoms with Gasteiger partial charge in [-0.1, -0.05) is 128 Å². The van der Waals surface area contributed by atoms with Gasteiger partial charge < -0.3 is 13.3 Å². The molecule has 0 saturated carbocycles. The van der Waals surface area contributed by atoms with Crippen molar-refractivity contribution in [3.8, 4) is 56.4 Å². The van der Waals surface area contributed by atoms with E-state index in [0.29, 0.717) is 23.1 Å². The van der Waals surface area contributed by atoms with E-state index in [2.05, 4.69) is 123 Å². The van der Waals surface area contributed by atoms with Crippen LogP contribution in [-0.4, -0.2) is 15.0 Å². The standard InChI is InChI=1S/C58H35N3O3S/c1-3-4-20-46-33(2)38-16-10-19-43(55(38)64-46)58-60-56(34-13-6-5-7-14-34)59-57(61-58)42-18-12-22-50-54(42)45-31-37(26-29-48(45)63-50)39-17-11-21-49-53(39)44-30-35(25-28-47(44)62-49)36-24-27-41-40-15-8-9-23-51(40)65-52(41)32-36/h3-32H,1H2,2H3/b20-4-. The van der Waals surface area contributed by atoms with Crippen molar-refractivity contribution >= 4 is 92.4 Å². The summed E-state index contributed by atoms with van der Waals surface area (Å²) in [7, 11) is 0. The number of fused-ring (bicyclic) bond motifs is 10. The predicted octanol–water partition coefficient (Wildman–Crippen LogP) is 16.6. The summed E-state index contributed by atoms with van der Waals surface area (Å²) >= 11 is 1.84. The molecule has 0 N–H and O–H groups in total. The molecule has 0 saturated heterocycles. The fourth-order valence-corrected chi connectivity index (χ4v) is 10.6. The van der Waals surface area contributed by atoms with Gasteiger partial charge >= 0.3 is 0 Å². The Hall–Kier alpha value is -8.39. The number of aryl methyl sites for hydroxylation is 1. The molecule has 8 aromatic carbocycles. The summed E-state index contributed by atoms with van der Waals surface area (Å²) in [5, 5.41) is 7.61. The van der Waals surface area contributed by atoms with Gasteiger partial charge in [-0.2, -0.15) is 0 Å². The average Bonchev–Trinajstić information content (AvgIpc) is 4.12. The number of nitrogens with zero attached hydrogens (tertiary/aromatic N) is 3. The number of furan rings is 3. The zero-order valence-electron chi connectivity index (χ0n) is 35.0. The Morgan fingerprint density at radius 2 is 1.05 bits per heavy atom. The van der Waals surface area contributed by atoms with Gasteiger partial charge in [-0.3, -0.25) is 0 Å². The summed E-state index contributed by atoms with van der Waals surface area (Å²) in [5.41, 5.74) is 11.9. The maximum absolute atomic E-state index is 6.58. The number of aromatic nitrogens is 3. The summed E-state index contributed by atoms with van der Waals surface area (Å²) in [4.78, 5) is 15.5. The Morgan fingerprint density at radius 1 is 0.446 bits per heavy atom. The Kier molecular flexibility index (Phi) is 8.35.